The minimum absolute atomic E-state index is 0.00617. The highest BCUT2D eigenvalue weighted by molar-refractivity contribution is 7.14. The highest BCUT2D eigenvalue weighted by Crippen LogP contribution is 2.41. The molecular weight excluding hydrogens is 402 g/mol. The number of thiazole rings is 1. The minimum Gasteiger partial charge on any atom is -0.493 e. The molecule has 0 spiro atoms. The van der Waals surface area contributed by atoms with Crippen molar-refractivity contribution in [3.8, 4) is 11.5 Å². The number of carbonyl (C=O) groups is 2. The summed E-state index contributed by atoms with van der Waals surface area (Å²) in [6.45, 7) is 3.04. The van der Waals surface area contributed by atoms with Gasteiger partial charge < -0.3 is 14.4 Å². The van der Waals surface area contributed by atoms with E-state index in [1.807, 2.05) is 30.5 Å². The molecule has 1 aliphatic heterocycles. The van der Waals surface area contributed by atoms with Crippen molar-refractivity contribution in [3.63, 3.8) is 0 Å². The van der Waals surface area contributed by atoms with Gasteiger partial charge in [-0.2, -0.15) is 0 Å². The molecule has 2 aliphatic rings. The van der Waals surface area contributed by atoms with Crippen molar-refractivity contribution in [1.82, 2.24) is 9.88 Å². The summed E-state index contributed by atoms with van der Waals surface area (Å²) in [5, 5.41) is 2.73. The van der Waals surface area contributed by atoms with E-state index >= 15 is 0 Å². The van der Waals surface area contributed by atoms with E-state index in [2.05, 4.69) is 4.98 Å². The fourth-order valence-corrected chi connectivity index (χ4v) is 4.63. The van der Waals surface area contributed by atoms with Crippen molar-refractivity contribution in [1.29, 1.82) is 0 Å². The number of ether oxygens (including phenoxy) is 2. The SMILES string of the molecule is CCOc1cc([C@@H]2CC(=O)N(CC(=O)N(C)c3nc(C4CC4)cs3)C2)ccc1OC. The van der Waals surface area contributed by atoms with E-state index in [9.17, 15) is 9.59 Å². The predicted molar refractivity (Wildman–Crippen MR) is 116 cm³/mol. The van der Waals surface area contributed by atoms with E-state index in [1.54, 1.807) is 24.0 Å². The number of nitrogens with zero attached hydrogens (tertiary/aromatic N) is 3. The van der Waals surface area contributed by atoms with Gasteiger partial charge >= 0.3 is 0 Å². The van der Waals surface area contributed by atoms with Gasteiger partial charge in [0.25, 0.3) is 0 Å². The Morgan fingerprint density at radius 1 is 1.30 bits per heavy atom. The summed E-state index contributed by atoms with van der Waals surface area (Å²) in [6.07, 6.45) is 2.75. The van der Waals surface area contributed by atoms with Crippen molar-refractivity contribution >= 4 is 28.3 Å². The molecule has 0 unspecified atom stereocenters. The van der Waals surface area contributed by atoms with Crippen LogP contribution in [0.2, 0.25) is 0 Å². The molecular formula is C22H27N3O4S. The number of likely N-dealkylation sites (tertiary alicyclic amines) is 1. The number of hydrogen-bond donors (Lipinski definition) is 0. The first-order valence-corrected chi connectivity index (χ1v) is 11.2. The van der Waals surface area contributed by atoms with Crippen LogP contribution in [-0.4, -0.2) is 55.6 Å². The monoisotopic (exact) mass is 429 g/mol. The van der Waals surface area contributed by atoms with Gasteiger partial charge in [-0.3, -0.25) is 14.5 Å². The van der Waals surface area contributed by atoms with E-state index in [-0.39, 0.29) is 24.3 Å². The molecule has 1 saturated carbocycles. The quantitative estimate of drug-likeness (QED) is 0.643. The van der Waals surface area contributed by atoms with Crippen molar-refractivity contribution in [3.05, 3.63) is 34.8 Å². The standard InChI is InChI=1S/C22H27N3O4S/c1-4-29-19-9-15(7-8-18(19)28-3)16-10-20(26)25(11-16)12-21(27)24(2)22-23-17(13-30-22)14-5-6-14/h7-9,13-14,16H,4-6,10-12H2,1-3H3/t16-/m1/s1. The highest BCUT2D eigenvalue weighted by atomic mass is 32.1. The van der Waals surface area contributed by atoms with Crippen LogP contribution in [-0.2, 0) is 9.59 Å². The molecule has 0 bridgehead atoms. The van der Waals surface area contributed by atoms with Gasteiger partial charge in [-0.25, -0.2) is 4.98 Å². The van der Waals surface area contributed by atoms with Crippen LogP contribution in [0.4, 0.5) is 5.13 Å². The van der Waals surface area contributed by atoms with E-state index < -0.39 is 0 Å². The third-order valence-electron chi connectivity index (χ3n) is 5.67. The lowest BCUT2D eigenvalue weighted by molar-refractivity contribution is -0.132. The molecule has 1 aromatic carbocycles. The Morgan fingerprint density at radius 3 is 2.80 bits per heavy atom. The molecule has 160 valence electrons. The minimum atomic E-state index is -0.120. The van der Waals surface area contributed by atoms with Crippen LogP contribution < -0.4 is 14.4 Å². The van der Waals surface area contributed by atoms with Gasteiger partial charge in [0.15, 0.2) is 16.6 Å². The van der Waals surface area contributed by atoms with Crippen LogP contribution in [0.1, 0.15) is 49.3 Å². The summed E-state index contributed by atoms with van der Waals surface area (Å²) in [6, 6.07) is 5.77. The fraction of sp³-hybridized carbons (Fsp3) is 0.500. The molecule has 2 heterocycles. The Balaban J connectivity index is 1.40. The van der Waals surface area contributed by atoms with Crippen molar-refractivity contribution in [2.24, 2.45) is 0 Å². The molecule has 0 radical (unpaired) electrons. The highest BCUT2D eigenvalue weighted by Gasteiger charge is 2.33. The Bertz CT molecular complexity index is 940. The number of hydrogen-bond acceptors (Lipinski definition) is 6. The van der Waals surface area contributed by atoms with Crippen LogP contribution in [0.3, 0.4) is 0 Å². The van der Waals surface area contributed by atoms with Crippen molar-refractivity contribution in [2.45, 2.75) is 38.0 Å². The third-order valence-corrected chi connectivity index (χ3v) is 6.60. The van der Waals surface area contributed by atoms with Crippen LogP contribution >= 0.6 is 11.3 Å². The summed E-state index contributed by atoms with van der Waals surface area (Å²) in [4.78, 5) is 33.1. The number of benzene rings is 1. The van der Waals surface area contributed by atoms with Gasteiger partial charge in [0.05, 0.1) is 19.4 Å². The normalized spacial score (nSPS) is 18.6. The van der Waals surface area contributed by atoms with Gasteiger partial charge in [0.1, 0.15) is 6.54 Å². The largest absolute Gasteiger partial charge is 0.493 e. The van der Waals surface area contributed by atoms with E-state index in [1.165, 1.54) is 24.2 Å². The molecule has 0 N–H and O–H groups in total. The molecule has 4 rings (SSSR count). The molecule has 7 nitrogen and oxygen atoms in total. The van der Waals surface area contributed by atoms with Gasteiger partial charge in [0, 0.05) is 37.2 Å². The van der Waals surface area contributed by atoms with Crippen LogP contribution in [0, 0.1) is 0 Å². The first-order chi connectivity index (χ1) is 14.5. The molecule has 1 aromatic heterocycles. The molecule has 2 aromatic rings. The number of aromatic nitrogens is 1. The zero-order valence-electron chi connectivity index (χ0n) is 17.6. The topological polar surface area (TPSA) is 72.0 Å². The van der Waals surface area contributed by atoms with E-state index in [4.69, 9.17) is 9.47 Å². The van der Waals surface area contributed by atoms with Gasteiger partial charge in [-0.1, -0.05) is 6.07 Å². The number of likely N-dealkylation sites (N-methyl/N-ethyl adjacent to an activating group) is 1. The molecule has 1 atom stereocenters. The molecule has 30 heavy (non-hydrogen) atoms. The second-order valence-corrected chi connectivity index (χ2v) is 8.64. The van der Waals surface area contributed by atoms with Crippen LogP contribution in [0.5, 0.6) is 11.5 Å². The Labute approximate surface area is 180 Å². The first-order valence-electron chi connectivity index (χ1n) is 10.3. The summed E-state index contributed by atoms with van der Waals surface area (Å²) < 4.78 is 11.0. The number of anilines is 1. The lowest BCUT2D eigenvalue weighted by atomic mass is 9.98. The summed E-state index contributed by atoms with van der Waals surface area (Å²) in [7, 11) is 3.34. The zero-order chi connectivity index (χ0) is 21.3. The number of carbonyl (C=O) groups excluding carboxylic acids is 2. The van der Waals surface area contributed by atoms with E-state index in [0.29, 0.717) is 42.1 Å². The average Bonchev–Trinajstić information content (AvgIpc) is 3.37. The second kappa shape index (κ2) is 8.63. The molecule has 8 heteroatoms. The Hall–Kier alpha value is -2.61. The number of rotatable bonds is 8. The average molecular weight is 430 g/mol. The lowest BCUT2D eigenvalue weighted by Gasteiger charge is -2.20. The molecule has 2 fully saturated rings. The zero-order valence-corrected chi connectivity index (χ0v) is 18.4. The van der Waals surface area contributed by atoms with Crippen molar-refractivity contribution < 1.29 is 19.1 Å². The number of methoxy groups -OCH3 is 1. The Kier molecular flexibility index (Phi) is 5.94. The van der Waals surface area contributed by atoms with Crippen LogP contribution in [0.25, 0.3) is 0 Å². The summed E-state index contributed by atoms with van der Waals surface area (Å²) in [5.41, 5.74) is 2.10. The van der Waals surface area contributed by atoms with Gasteiger partial charge in [-0.05, 0) is 37.5 Å². The molecule has 2 amide bonds. The lowest BCUT2D eigenvalue weighted by Crippen LogP contribution is -2.39. The summed E-state index contributed by atoms with van der Waals surface area (Å²) >= 11 is 1.48. The van der Waals surface area contributed by atoms with Crippen molar-refractivity contribution in [2.75, 3.05) is 38.8 Å². The first kappa shape index (κ1) is 20.7. The Morgan fingerprint density at radius 2 is 2.10 bits per heavy atom. The third kappa shape index (κ3) is 4.28. The molecule has 1 saturated heterocycles. The van der Waals surface area contributed by atoms with Gasteiger partial charge in [-0.15, -0.1) is 11.3 Å². The van der Waals surface area contributed by atoms with Gasteiger partial charge in [0.2, 0.25) is 11.8 Å². The smallest absolute Gasteiger partial charge is 0.248 e. The maximum atomic E-state index is 12.8. The second-order valence-electron chi connectivity index (χ2n) is 7.80. The fourth-order valence-electron chi connectivity index (χ4n) is 3.74. The van der Waals surface area contributed by atoms with Crippen LogP contribution in [0.15, 0.2) is 23.6 Å². The maximum absolute atomic E-state index is 12.8. The maximum Gasteiger partial charge on any atom is 0.248 e. The number of amides is 2. The molecule has 1 aliphatic carbocycles. The predicted octanol–water partition coefficient (Wildman–Crippen LogP) is 3.41. The van der Waals surface area contributed by atoms with E-state index in [0.717, 1.165) is 11.3 Å². The summed E-state index contributed by atoms with van der Waals surface area (Å²) in [5.74, 6) is 1.81.